The summed E-state index contributed by atoms with van der Waals surface area (Å²) in [6.07, 6.45) is 0.553. The van der Waals surface area contributed by atoms with Gasteiger partial charge in [-0.2, -0.15) is 0 Å². The van der Waals surface area contributed by atoms with Crippen molar-refractivity contribution in [3.05, 3.63) is 52.9 Å². The molecule has 126 valence electrons. The van der Waals surface area contributed by atoms with Gasteiger partial charge in [0.2, 0.25) is 10.0 Å². The van der Waals surface area contributed by atoms with Crippen LogP contribution in [0.25, 0.3) is 9.88 Å². The Balaban J connectivity index is 1.59. The lowest BCUT2D eigenvalue weighted by Crippen LogP contribution is -2.26. The molecule has 24 heavy (non-hydrogen) atoms. The summed E-state index contributed by atoms with van der Waals surface area (Å²) in [5, 5.41) is 4.95. The second-order valence-electron chi connectivity index (χ2n) is 4.94. The summed E-state index contributed by atoms with van der Waals surface area (Å²) in [6.45, 7) is 0.308. The number of aromatic nitrogens is 1. The number of methoxy groups -OCH3 is 1. The molecule has 0 aliphatic heterocycles. The zero-order valence-electron chi connectivity index (χ0n) is 12.9. The number of hydrogen-bond donors (Lipinski definition) is 1. The normalized spacial score (nSPS) is 11.5. The molecular formula is C16H16N2O3S3. The molecular weight excluding hydrogens is 364 g/mol. The molecule has 0 unspecified atom stereocenters. The molecule has 2 aromatic heterocycles. The van der Waals surface area contributed by atoms with Gasteiger partial charge in [0.1, 0.15) is 10.8 Å². The van der Waals surface area contributed by atoms with Crippen LogP contribution in [0.4, 0.5) is 0 Å². The molecule has 0 amide bonds. The highest BCUT2D eigenvalue weighted by atomic mass is 32.2. The second kappa shape index (κ2) is 7.43. The third-order valence-electron chi connectivity index (χ3n) is 3.33. The fourth-order valence-electron chi connectivity index (χ4n) is 2.09. The van der Waals surface area contributed by atoms with Gasteiger partial charge in [-0.3, -0.25) is 0 Å². The summed E-state index contributed by atoms with van der Waals surface area (Å²) in [5.74, 6) is 0.623. The summed E-state index contributed by atoms with van der Waals surface area (Å²) in [4.78, 5) is 5.90. The van der Waals surface area contributed by atoms with Crippen LogP contribution in [-0.4, -0.2) is 27.1 Å². The Labute approximate surface area is 149 Å². The molecule has 0 saturated heterocycles. The molecule has 0 bridgehead atoms. The zero-order valence-corrected chi connectivity index (χ0v) is 15.4. The van der Waals surface area contributed by atoms with E-state index in [1.807, 2.05) is 22.9 Å². The first-order valence-electron chi connectivity index (χ1n) is 7.20. The molecule has 0 aliphatic carbocycles. The van der Waals surface area contributed by atoms with E-state index in [1.54, 1.807) is 41.9 Å². The Morgan fingerprint density at radius 2 is 1.96 bits per heavy atom. The van der Waals surface area contributed by atoms with E-state index in [1.165, 1.54) is 12.1 Å². The van der Waals surface area contributed by atoms with Crippen LogP contribution in [0, 0.1) is 0 Å². The molecule has 5 nitrogen and oxygen atoms in total. The van der Waals surface area contributed by atoms with E-state index in [0.717, 1.165) is 15.6 Å². The minimum absolute atomic E-state index is 0.223. The van der Waals surface area contributed by atoms with Gasteiger partial charge in [0, 0.05) is 18.3 Å². The molecule has 1 N–H and O–H groups in total. The monoisotopic (exact) mass is 380 g/mol. The van der Waals surface area contributed by atoms with Crippen LogP contribution >= 0.6 is 22.7 Å². The molecule has 0 fully saturated rings. The van der Waals surface area contributed by atoms with Gasteiger partial charge >= 0.3 is 0 Å². The van der Waals surface area contributed by atoms with Crippen molar-refractivity contribution in [2.45, 2.75) is 11.3 Å². The third kappa shape index (κ3) is 4.02. The number of rotatable bonds is 7. The average molecular weight is 381 g/mol. The van der Waals surface area contributed by atoms with Gasteiger partial charge in [0.25, 0.3) is 0 Å². The standard InChI is InChI=1S/C16H16N2O3S3/c1-21-13-4-6-14(7-5-13)24(19,20)17-9-8-12-11-23-16(18-12)15-3-2-10-22-15/h2-7,10-11,17H,8-9H2,1H3. The summed E-state index contributed by atoms with van der Waals surface area (Å²) < 4.78 is 32.1. The number of thiazole rings is 1. The fraction of sp³-hybridized carbons (Fsp3) is 0.188. The van der Waals surface area contributed by atoms with Crippen LogP contribution in [-0.2, 0) is 16.4 Å². The highest BCUT2D eigenvalue weighted by Crippen LogP contribution is 2.27. The number of thiophene rings is 1. The number of sulfonamides is 1. The predicted molar refractivity (Wildman–Crippen MR) is 97.3 cm³/mol. The minimum Gasteiger partial charge on any atom is -0.497 e. The summed E-state index contributed by atoms with van der Waals surface area (Å²) >= 11 is 3.22. The van der Waals surface area contributed by atoms with Gasteiger partial charge in [0.05, 0.1) is 22.6 Å². The van der Waals surface area contributed by atoms with E-state index in [2.05, 4.69) is 9.71 Å². The van der Waals surface area contributed by atoms with E-state index < -0.39 is 10.0 Å². The smallest absolute Gasteiger partial charge is 0.240 e. The summed E-state index contributed by atoms with van der Waals surface area (Å²) in [6, 6.07) is 10.3. The maximum Gasteiger partial charge on any atom is 0.240 e. The van der Waals surface area contributed by atoms with E-state index in [-0.39, 0.29) is 4.90 Å². The maximum absolute atomic E-state index is 12.2. The van der Waals surface area contributed by atoms with Gasteiger partial charge in [-0.25, -0.2) is 18.1 Å². The lowest BCUT2D eigenvalue weighted by atomic mass is 10.3. The molecule has 8 heteroatoms. The third-order valence-corrected chi connectivity index (χ3v) is 6.73. The van der Waals surface area contributed by atoms with Crippen molar-refractivity contribution in [3.8, 4) is 15.6 Å². The molecule has 0 atom stereocenters. The van der Waals surface area contributed by atoms with E-state index in [0.29, 0.717) is 18.7 Å². The number of nitrogens with zero attached hydrogens (tertiary/aromatic N) is 1. The average Bonchev–Trinajstić information content (AvgIpc) is 3.26. The van der Waals surface area contributed by atoms with Crippen molar-refractivity contribution in [1.82, 2.24) is 9.71 Å². The topological polar surface area (TPSA) is 68.3 Å². The Morgan fingerprint density at radius 1 is 1.17 bits per heavy atom. The first-order chi connectivity index (χ1) is 11.6. The van der Waals surface area contributed by atoms with Crippen molar-refractivity contribution >= 4 is 32.7 Å². The lowest BCUT2D eigenvalue weighted by molar-refractivity contribution is 0.414. The van der Waals surface area contributed by atoms with Crippen LogP contribution in [0.5, 0.6) is 5.75 Å². The second-order valence-corrected chi connectivity index (χ2v) is 8.52. The van der Waals surface area contributed by atoms with Gasteiger partial charge in [-0.05, 0) is 35.7 Å². The van der Waals surface area contributed by atoms with Crippen molar-refractivity contribution in [1.29, 1.82) is 0 Å². The van der Waals surface area contributed by atoms with Gasteiger partial charge < -0.3 is 4.74 Å². The van der Waals surface area contributed by atoms with Crippen LogP contribution in [0.2, 0.25) is 0 Å². The highest BCUT2D eigenvalue weighted by molar-refractivity contribution is 7.89. The molecule has 3 rings (SSSR count). The molecule has 2 heterocycles. The Morgan fingerprint density at radius 3 is 2.62 bits per heavy atom. The van der Waals surface area contributed by atoms with Crippen molar-refractivity contribution in [2.24, 2.45) is 0 Å². The predicted octanol–water partition coefficient (Wildman–Crippen LogP) is 3.40. The van der Waals surface area contributed by atoms with Crippen molar-refractivity contribution in [3.63, 3.8) is 0 Å². The maximum atomic E-state index is 12.2. The quantitative estimate of drug-likeness (QED) is 0.682. The van der Waals surface area contributed by atoms with Gasteiger partial charge in [-0.15, -0.1) is 22.7 Å². The molecule has 1 aromatic carbocycles. The van der Waals surface area contributed by atoms with Crippen molar-refractivity contribution < 1.29 is 13.2 Å². The zero-order chi connectivity index (χ0) is 17.0. The Hall–Kier alpha value is -1.74. The highest BCUT2D eigenvalue weighted by Gasteiger charge is 2.14. The molecule has 0 aliphatic rings. The number of nitrogens with one attached hydrogen (secondary N) is 1. The van der Waals surface area contributed by atoms with Crippen LogP contribution in [0.15, 0.2) is 52.1 Å². The largest absolute Gasteiger partial charge is 0.497 e. The SMILES string of the molecule is COc1ccc(S(=O)(=O)NCCc2csc(-c3cccs3)n2)cc1. The number of ether oxygens (including phenoxy) is 1. The number of benzene rings is 1. The van der Waals surface area contributed by atoms with Crippen LogP contribution < -0.4 is 9.46 Å². The van der Waals surface area contributed by atoms with Gasteiger partial charge in [-0.1, -0.05) is 6.07 Å². The minimum atomic E-state index is -3.52. The van der Waals surface area contributed by atoms with E-state index in [4.69, 9.17) is 4.74 Å². The van der Waals surface area contributed by atoms with Crippen LogP contribution in [0.3, 0.4) is 0 Å². The van der Waals surface area contributed by atoms with E-state index in [9.17, 15) is 8.42 Å². The first-order valence-corrected chi connectivity index (χ1v) is 10.4. The molecule has 0 radical (unpaired) electrons. The summed E-state index contributed by atoms with van der Waals surface area (Å²) in [5.41, 5.74) is 0.890. The fourth-order valence-corrected chi connectivity index (χ4v) is 4.79. The number of hydrogen-bond acceptors (Lipinski definition) is 6. The molecule has 3 aromatic rings. The Bertz CT molecular complexity index is 885. The van der Waals surface area contributed by atoms with Gasteiger partial charge in [0.15, 0.2) is 0 Å². The summed E-state index contributed by atoms with van der Waals surface area (Å²) in [7, 11) is -1.98. The lowest BCUT2D eigenvalue weighted by Gasteiger charge is -2.06. The van der Waals surface area contributed by atoms with E-state index >= 15 is 0 Å². The van der Waals surface area contributed by atoms with Crippen LogP contribution in [0.1, 0.15) is 5.69 Å². The molecule has 0 spiro atoms. The Kier molecular flexibility index (Phi) is 5.30. The molecule has 0 saturated carbocycles. The first kappa shape index (κ1) is 17.1. The van der Waals surface area contributed by atoms with Crippen molar-refractivity contribution in [2.75, 3.05) is 13.7 Å².